The van der Waals surface area contributed by atoms with E-state index in [1.54, 1.807) is 38.1 Å². The van der Waals surface area contributed by atoms with Crippen molar-refractivity contribution in [3.8, 4) is 0 Å². The van der Waals surface area contributed by atoms with Gasteiger partial charge >= 0.3 is 0 Å². The fourth-order valence-electron chi connectivity index (χ4n) is 2.91. The molecule has 0 aliphatic heterocycles. The van der Waals surface area contributed by atoms with E-state index in [-0.39, 0.29) is 11.4 Å². The predicted octanol–water partition coefficient (Wildman–Crippen LogP) is 3.33. The average Bonchev–Trinajstić information content (AvgIpc) is 2.94. The summed E-state index contributed by atoms with van der Waals surface area (Å²) in [6.07, 6.45) is 0.437. The van der Waals surface area contributed by atoms with Gasteiger partial charge in [-0.2, -0.15) is 12.7 Å². The molecule has 0 aliphatic rings. The van der Waals surface area contributed by atoms with Crippen molar-refractivity contribution < 1.29 is 25.9 Å². The van der Waals surface area contributed by atoms with Gasteiger partial charge in [0.05, 0.1) is 11.1 Å². The molecule has 0 saturated heterocycles. The lowest BCUT2D eigenvalue weighted by atomic mass is 10.0. The van der Waals surface area contributed by atoms with Gasteiger partial charge in [-0.3, -0.25) is 4.21 Å². The summed E-state index contributed by atoms with van der Waals surface area (Å²) in [6, 6.07) is 8.85. The van der Waals surface area contributed by atoms with Crippen molar-refractivity contribution in [2.75, 3.05) is 11.2 Å². The molecule has 0 radical (unpaired) electrons. The van der Waals surface area contributed by atoms with E-state index in [1.807, 2.05) is 6.07 Å². The van der Waals surface area contributed by atoms with Crippen LogP contribution in [0.25, 0.3) is 27.4 Å². The van der Waals surface area contributed by atoms with Gasteiger partial charge in [-0.1, -0.05) is 31.7 Å². The smallest absolute Gasteiger partial charge is 0.287 e. The number of nitrogens with one attached hydrogen (secondary N) is 2. The van der Waals surface area contributed by atoms with Crippen LogP contribution >= 0.6 is 0 Å². The molecular formula is C18H19N2O6S2-. The van der Waals surface area contributed by atoms with Crippen LogP contribution in [0.15, 0.2) is 41.3 Å². The second kappa shape index (κ2) is 7.92. The van der Waals surface area contributed by atoms with Crippen molar-refractivity contribution in [1.29, 1.82) is 0 Å². The summed E-state index contributed by atoms with van der Waals surface area (Å²) in [5, 5.41) is 2.25. The number of fused-ring (bicyclic) bond motifs is 3. The molecule has 1 unspecified atom stereocenters. The summed E-state index contributed by atoms with van der Waals surface area (Å²) >= 11 is -2.46. The zero-order valence-electron chi connectivity index (χ0n) is 15.3. The van der Waals surface area contributed by atoms with Crippen LogP contribution in [0.4, 0.5) is 5.69 Å². The monoisotopic (exact) mass is 423 g/mol. The maximum atomic E-state index is 11.9. The number of benzene rings is 2. The molecule has 150 valence electrons. The molecule has 0 amide bonds. The first-order valence-electron chi connectivity index (χ1n) is 8.40. The van der Waals surface area contributed by atoms with Crippen molar-refractivity contribution in [2.24, 2.45) is 0 Å². The standard InChI is InChI=1S/C18H20N2O6S2/c1-4-9-28(23,24)26-19-18-12(3)25-16-8-6-14-10-13(11(2)20-27(21)22)5-7-15(14)17(16)18/h5-8,10,19-20H,2,4,9H2,1,3H3,(H,21,22)/p-1. The highest BCUT2D eigenvalue weighted by molar-refractivity contribution is 7.86. The SMILES string of the molecule is C=C(NS(=O)[O-])c1ccc2c(ccc3oc(C)c(NOS(=O)(=O)CCC)c32)c1. The third-order valence-corrected chi connectivity index (χ3v) is 5.79. The Labute approximate surface area is 165 Å². The van der Waals surface area contributed by atoms with Crippen molar-refractivity contribution in [1.82, 2.24) is 4.72 Å². The molecule has 2 aromatic carbocycles. The van der Waals surface area contributed by atoms with Crippen LogP contribution in [0.3, 0.4) is 0 Å². The molecule has 0 spiro atoms. The molecule has 0 aliphatic carbocycles. The molecule has 2 N–H and O–H groups in total. The summed E-state index contributed by atoms with van der Waals surface area (Å²) in [5.74, 6) is 0.376. The van der Waals surface area contributed by atoms with Crippen molar-refractivity contribution in [3.63, 3.8) is 0 Å². The first-order valence-corrected chi connectivity index (χ1v) is 11.1. The summed E-state index contributed by atoms with van der Waals surface area (Å²) in [6.45, 7) is 7.16. The Bertz CT molecular complexity index is 1180. The Kier molecular flexibility index (Phi) is 5.75. The highest BCUT2D eigenvalue weighted by Gasteiger charge is 2.18. The minimum Gasteiger partial charge on any atom is -0.755 e. The summed E-state index contributed by atoms with van der Waals surface area (Å²) in [7, 11) is -3.71. The van der Waals surface area contributed by atoms with Gasteiger partial charge in [-0.15, -0.1) is 0 Å². The largest absolute Gasteiger partial charge is 0.755 e. The third-order valence-electron chi connectivity index (χ3n) is 4.13. The molecule has 8 nitrogen and oxygen atoms in total. The van der Waals surface area contributed by atoms with E-state index >= 15 is 0 Å². The minimum absolute atomic E-state index is 0.102. The number of aryl methyl sites for hydroxylation is 1. The first-order chi connectivity index (χ1) is 13.2. The van der Waals surface area contributed by atoms with E-state index in [1.165, 1.54) is 0 Å². The van der Waals surface area contributed by atoms with Gasteiger partial charge in [0, 0.05) is 17.0 Å². The molecular weight excluding hydrogens is 404 g/mol. The number of furan rings is 1. The van der Waals surface area contributed by atoms with Gasteiger partial charge in [0.25, 0.3) is 10.1 Å². The molecule has 0 saturated carbocycles. The topological polar surface area (TPSA) is 121 Å². The van der Waals surface area contributed by atoms with Gasteiger partial charge in [0.2, 0.25) is 0 Å². The first kappa shape index (κ1) is 20.3. The predicted molar refractivity (Wildman–Crippen MR) is 108 cm³/mol. The second-order valence-electron chi connectivity index (χ2n) is 6.17. The van der Waals surface area contributed by atoms with Crippen LogP contribution in [-0.4, -0.2) is 22.9 Å². The van der Waals surface area contributed by atoms with Gasteiger partial charge in [-0.25, -0.2) is 5.48 Å². The molecule has 1 heterocycles. The Morgan fingerprint density at radius 1 is 1.32 bits per heavy atom. The highest BCUT2D eigenvalue weighted by Crippen LogP contribution is 2.37. The lowest BCUT2D eigenvalue weighted by Crippen LogP contribution is -2.14. The van der Waals surface area contributed by atoms with E-state index in [9.17, 15) is 17.2 Å². The zero-order chi connectivity index (χ0) is 20.5. The van der Waals surface area contributed by atoms with E-state index in [2.05, 4.69) is 16.8 Å². The molecule has 10 heteroatoms. The second-order valence-corrected chi connectivity index (χ2v) is 8.53. The molecule has 3 rings (SSSR count). The summed E-state index contributed by atoms with van der Waals surface area (Å²) in [4.78, 5) is 0. The van der Waals surface area contributed by atoms with Gasteiger partial charge in [0.1, 0.15) is 17.0 Å². The van der Waals surface area contributed by atoms with Gasteiger partial charge in [0.15, 0.2) is 0 Å². The van der Waals surface area contributed by atoms with Crippen molar-refractivity contribution in [3.05, 3.63) is 48.2 Å². The van der Waals surface area contributed by atoms with E-state index < -0.39 is 21.4 Å². The Morgan fingerprint density at radius 3 is 2.75 bits per heavy atom. The summed E-state index contributed by atoms with van der Waals surface area (Å²) < 4.78 is 58.2. The van der Waals surface area contributed by atoms with Crippen LogP contribution in [0.5, 0.6) is 0 Å². The average molecular weight is 423 g/mol. The van der Waals surface area contributed by atoms with Crippen molar-refractivity contribution >= 4 is 54.5 Å². The molecule has 28 heavy (non-hydrogen) atoms. The van der Waals surface area contributed by atoms with E-state index in [0.29, 0.717) is 34.4 Å². The summed E-state index contributed by atoms with van der Waals surface area (Å²) in [5.41, 5.74) is 4.36. The highest BCUT2D eigenvalue weighted by atomic mass is 32.2. The van der Waals surface area contributed by atoms with Crippen LogP contribution in [0, 0.1) is 6.92 Å². The van der Waals surface area contributed by atoms with Crippen LogP contribution in [0.2, 0.25) is 0 Å². The fourth-order valence-corrected chi connectivity index (χ4v) is 4.02. The van der Waals surface area contributed by atoms with Crippen molar-refractivity contribution in [2.45, 2.75) is 20.3 Å². The number of hydrogen-bond acceptors (Lipinski definition) is 7. The lowest BCUT2D eigenvalue weighted by molar-refractivity contribution is 0.389. The number of anilines is 1. The Morgan fingerprint density at radius 2 is 2.07 bits per heavy atom. The molecule has 0 bridgehead atoms. The van der Waals surface area contributed by atoms with E-state index in [0.717, 1.165) is 10.8 Å². The molecule has 1 aromatic heterocycles. The van der Waals surface area contributed by atoms with Gasteiger partial charge in [-0.05, 0) is 41.8 Å². The fraction of sp³-hybridized carbons (Fsp3) is 0.222. The molecule has 0 fully saturated rings. The third kappa shape index (κ3) is 4.20. The van der Waals surface area contributed by atoms with Crippen LogP contribution in [-0.2, 0) is 25.7 Å². The van der Waals surface area contributed by atoms with E-state index in [4.69, 9.17) is 8.70 Å². The molecule has 1 atom stereocenters. The normalized spacial score (nSPS) is 13.0. The molecule has 3 aromatic rings. The van der Waals surface area contributed by atoms with Gasteiger partial charge < -0.3 is 13.7 Å². The Balaban J connectivity index is 2.05. The lowest BCUT2D eigenvalue weighted by Gasteiger charge is -2.12. The quantitative estimate of drug-likeness (QED) is 0.421. The maximum absolute atomic E-state index is 11.9. The van der Waals surface area contributed by atoms with Crippen LogP contribution < -0.4 is 10.2 Å². The minimum atomic E-state index is -3.71. The number of rotatable bonds is 8. The number of hydrogen-bond donors (Lipinski definition) is 2. The van der Waals surface area contributed by atoms with Crippen LogP contribution in [0.1, 0.15) is 24.7 Å². The zero-order valence-corrected chi connectivity index (χ0v) is 16.9. The maximum Gasteiger partial charge on any atom is 0.287 e. The Hall–Kier alpha value is -2.40.